The lowest BCUT2D eigenvalue weighted by Gasteiger charge is -2.08. The van der Waals surface area contributed by atoms with Crippen LogP contribution in [0.25, 0.3) is 0 Å². The van der Waals surface area contributed by atoms with Gasteiger partial charge in [0.2, 0.25) is 0 Å². The van der Waals surface area contributed by atoms with Gasteiger partial charge in [-0.25, -0.2) is 0 Å². The monoisotopic (exact) mass is 210 g/mol. The van der Waals surface area contributed by atoms with Crippen molar-refractivity contribution in [2.75, 3.05) is 13.2 Å². The van der Waals surface area contributed by atoms with E-state index in [0.29, 0.717) is 31.3 Å². The Balaban J connectivity index is 1.94. The molecule has 0 bridgehead atoms. The van der Waals surface area contributed by atoms with Gasteiger partial charge >= 0.3 is 0 Å². The summed E-state index contributed by atoms with van der Waals surface area (Å²) >= 11 is 0. The number of furan rings is 1. The van der Waals surface area contributed by atoms with E-state index in [9.17, 15) is 4.79 Å². The summed E-state index contributed by atoms with van der Waals surface area (Å²) in [4.78, 5) is 11.6. The molecule has 5 heteroatoms. The lowest BCUT2D eigenvalue weighted by Crippen LogP contribution is -2.34. The minimum atomic E-state index is -0.204. The molecule has 0 spiro atoms. The lowest BCUT2D eigenvalue weighted by atomic mass is 10.2. The number of nitrogens with two attached hydrogens (primary N) is 1. The number of hydrogen-bond donors (Lipinski definition) is 2. The molecule has 1 aliphatic heterocycles. The maximum Gasteiger partial charge on any atom is 0.287 e. The van der Waals surface area contributed by atoms with Gasteiger partial charge in [0.25, 0.3) is 5.91 Å². The van der Waals surface area contributed by atoms with Gasteiger partial charge in [-0.1, -0.05) is 0 Å². The van der Waals surface area contributed by atoms with Crippen LogP contribution in [-0.4, -0.2) is 25.2 Å². The third kappa shape index (κ3) is 2.37. The number of nitrogens with one attached hydrogen (secondary N) is 1. The Kier molecular flexibility index (Phi) is 3.03. The summed E-state index contributed by atoms with van der Waals surface area (Å²) in [5.74, 6) is 0.718. The van der Waals surface area contributed by atoms with Crippen molar-refractivity contribution >= 4 is 5.91 Å². The predicted molar refractivity (Wildman–Crippen MR) is 53.3 cm³/mol. The van der Waals surface area contributed by atoms with Gasteiger partial charge in [0.1, 0.15) is 5.76 Å². The molecular weight excluding hydrogens is 196 g/mol. The molecule has 1 aromatic rings. The Morgan fingerprint density at radius 3 is 3.07 bits per heavy atom. The second-order valence-electron chi connectivity index (χ2n) is 3.50. The third-order valence-electron chi connectivity index (χ3n) is 2.35. The van der Waals surface area contributed by atoms with Crippen LogP contribution in [0, 0.1) is 0 Å². The largest absolute Gasteiger partial charge is 0.455 e. The Bertz CT molecular complexity index is 342. The van der Waals surface area contributed by atoms with Crippen molar-refractivity contribution < 1.29 is 13.9 Å². The first-order chi connectivity index (χ1) is 7.29. The van der Waals surface area contributed by atoms with E-state index in [1.54, 1.807) is 12.1 Å². The normalized spacial score (nSPS) is 20.5. The standard InChI is InChI=1S/C10H14N2O3/c11-5-8-1-2-9(15-8)10(13)12-7-3-4-14-6-7/h1-2,7H,3-6,11H2,(H,12,13). The molecule has 1 aliphatic rings. The Labute approximate surface area is 87.6 Å². The summed E-state index contributed by atoms with van der Waals surface area (Å²) < 4.78 is 10.4. The third-order valence-corrected chi connectivity index (χ3v) is 2.35. The fourth-order valence-corrected chi connectivity index (χ4v) is 1.51. The van der Waals surface area contributed by atoms with Gasteiger partial charge in [-0.15, -0.1) is 0 Å². The average molecular weight is 210 g/mol. The number of ether oxygens (including phenoxy) is 1. The quantitative estimate of drug-likeness (QED) is 0.750. The maximum absolute atomic E-state index is 11.6. The highest BCUT2D eigenvalue weighted by Crippen LogP contribution is 2.09. The van der Waals surface area contributed by atoms with Crippen LogP contribution in [0.3, 0.4) is 0 Å². The molecule has 1 aromatic heterocycles. The first kappa shape index (κ1) is 10.2. The lowest BCUT2D eigenvalue weighted by molar-refractivity contribution is 0.0900. The van der Waals surface area contributed by atoms with E-state index in [0.717, 1.165) is 6.42 Å². The summed E-state index contributed by atoms with van der Waals surface area (Å²) in [7, 11) is 0. The molecule has 1 fully saturated rings. The van der Waals surface area contributed by atoms with Gasteiger partial charge in [-0.3, -0.25) is 4.79 Å². The number of amides is 1. The van der Waals surface area contributed by atoms with Crippen molar-refractivity contribution in [2.45, 2.75) is 19.0 Å². The topological polar surface area (TPSA) is 77.5 Å². The minimum Gasteiger partial charge on any atom is -0.455 e. The highest BCUT2D eigenvalue weighted by Gasteiger charge is 2.20. The van der Waals surface area contributed by atoms with Crippen molar-refractivity contribution in [3.63, 3.8) is 0 Å². The summed E-state index contributed by atoms with van der Waals surface area (Å²) in [6.07, 6.45) is 0.857. The molecule has 15 heavy (non-hydrogen) atoms. The van der Waals surface area contributed by atoms with Crippen LogP contribution in [0.1, 0.15) is 22.7 Å². The number of hydrogen-bond acceptors (Lipinski definition) is 4. The van der Waals surface area contributed by atoms with Crippen LogP contribution in [0.4, 0.5) is 0 Å². The molecule has 1 unspecified atom stereocenters. The van der Waals surface area contributed by atoms with Crippen molar-refractivity contribution in [1.29, 1.82) is 0 Å². The first-order valence-corrected chi connectivity index (χ1v) is 4.97. The zero-order valence-electron chi connectivity index (χ0n) is 8.36. The van der Waals surface area contributed by atoms with Crippen LogP contribution in [0.5, 0.6) is 0 Å². The predicted octanol–water partition coefficient (Wildman–Crippen LogP) is 0.257. The Morgan fingerprint density at radius 1 is 1.60 bits per heavy atom. The van der Waals surface area contributed by atoms with Crippen LogP contribution in [0.15, 0.2) is 16.5 Å². The molecule has 3 N–H and O–H groups in total. The zero-order valence-corrected chi connectivity index (χ0v) is 8.36. The maximum atomic E-state index is 11.6. The highest BCUT2D eigenvalue weighted by molar-refractivity contribution is 5.91. The van der Waals surface area contributed by atoms with Gasteiger partial charge in [0.15, 0.2) is 5.76 Å². The second kappa shape index (κ2) is 4.46. The highest BCUT2D eigenvalue weighted by atomic mass is 16.5. The molecule has 1 atom stereocenters. The molecule has 1 amide bonds. The molecule has 82 valence electrons. The van der Waals surface area contributed by atoms with Gasteiger partial charge in [0.05, 0.1) is 19.2 Å². The number of rotatable bonds is 3. The van der Waals surface area contributed by atoms with Gasteiger partial charge in [-0.2, -0.15) is 0 Å². The minimum absolute atomic E-state index is 0.101. The molecule has 0 saturated carbocycles. The van der Waals surface area contributed by atoms with Crippen molar-refractivity contribution in [3.8, 4) is 0 Å². The molecule has 0 aliphatic carbocycles. The molecular formula is C10H14N2O3. The van der Waals surface area contributed by atoms with Crippen molar-refractivity contribution in [3.05, 3.63) is 23.7 Å². The summed E-state index contributed by atoms with van der Waals surface area (Å²) in [5.41, 5.74) is 5.38. The van der Waals surface area contributed by atoms with E-state index in [2.05, 4.69) is 5.32 Å². The molecule has 2 rings (SSSR count). The summed E-state index contributed by atoms with van der Waals surface area (Å²) in [6.45, 7) is 1.59. The second-order valence-corrected chi connectivity index (χ2v) is 3.50. The van der Waals surface area contributed by atoms with Gasteiger partial charge in [0, 0.05) is 6.61 Å². The Morgan fingerprint density at radius 2 is 2.47 bits per heavy atom. The van der Waals surface area contributed by atoms with Crippen molar-refractivity contribution in [2.24, 2.45) is 5.73 Å². The van der Waals surface area contributed by atoms with Gasteiger partial charge in [-0.05, 0) is 18.6 Å². The summed E-state index contributed by atoms with van der Waals surface area (Å²) in [5, 5.41) is 2.83. The van der Waals surface area contributed by atoms with E-state index in [1.807, 2.05) is 0 Å². The first-order valence-electron chi connectivity index (χ1n) is 4.97. The number of carbonyl (C=O) groups excluding carboxylic acids is 1. The van der Waals surface area contributed by atoms with Crippen LogP contribution < -0.4 is 11.1 Å². The molecule has 1 saturated heterocycles. The van der Waals surface area contributed by atoms with E-state index in [4.69, 9.17) is 14.9 Å². The zero-order chi connectivity index (χ0) is 10.7. The van der Waals surface area contributed by atoms with Crippen LogP contribution in [0.2, 0.25) is 0 Å². The molecule has 0 aromatic carbocycles. The van der Waals surface area contributed by atoms with E-state index >= 15 is 0 Å². The fourth-order valence-electron chi connectivity index (χ4n) is 1.51. The van der Waals surface area contributed by atoms with E-state index in [-0.39, 0.29) is 11.9 Å². The fraction of sp³-hybridized carbons (Fsp3) is 0.500. The van der Waals surface area contributed by atoms with E-state index < -0.39 is 0 Å². The van der Waals surface area contributed by atoms with Crippen LogP contribution >= 0.6 is 0 Å². The molecule has 5 nitrogen and oxygen atoms in total. The molecule has 0 radical (unpaired) electrons. The summed E-state index contributed by atoms with van der Waals surface area (Å²) in [6, 6.07) is 3.44. The number of carbonyl (C=O) groups is 1. The van der Waals surface area contributed by atoms with Crippen molar-refractivity contribution in [1.82, 2.24) is 5.32 Å². The van der Waals surface area contributed by atoms with E-state index in [1.165, 1.54) is 0 Å². The van der Waals surface area contributed by atoms with Gasteiger partial charge < -0.3 is 20.2 Å². The Hall–Kier alpha value is -1.33. The SMILES string of the molecule is NCc1ccc(C(=O)NC2CCOC2)o1. The van der Waals surface area contributed by atoms with Crippen LogP contribution in [-0.2, 0) is 11.3 Å². The smallest absolute Gasteiger partial charge is 0.287 e. The average Bonchev–Trinajstić information content (AvgIpc) is 2.86. The molecule has 2 heterocycles.